The van der Waals surface area contributed by atoms with Crippen LogP contribution in [0.5, 0.6) is 0 Å². The molecule has 0 bridgehead atoms. The van der Waals surface area contributed by atoms with Crippen molar-refractivity contribution in [1.82, 2.24) is 5.32 Å². The van der Waals surface area contributed by atoms with Gasteiger partial charge in [-0.25, -0.2) is 0 Å². The number of esters is 1. The van der Waals surface area contributed by atoms with Gasteiger partial charge >= 0.3 is 5.97 Å². The second-order valence-corrected chi connectivity index (χ2v) is 20.3. The summed E-state index contributed by atoms with van der Waals surface area (Å²) in [4.78, 5) is 24.5. The third-order valence-electron chi connectivity index (χ3n) is 13.7. The van der Waals surface area contributed by atoms with Crippen LogP contribution in [0.2, 0.25) is 0 Å². The number of ether oxygens (including phenoxy) is 1. The van der Waals surface area contributed by atoms with Gasteiger partial charge in [-0.3, -0.25) is 9.59 Å². The van der Waals surface area contributed by atoms with E-state index in [1.807, 2.05) is 6.08 Å². The van der Waals surface area contributed by atoms with Gasteiger partial charge in [-0.15, -0.1) is 0 Å². The van der Waals surface area contributed by atoms with Gasteiger partial charge in [0.25, 0.3) is 0 Å². The van der Waals surface area contributed by atoms with Crippen LogP contribution in [0.3, 0.4) is 0 Å². The normalized spacial score (nSPS) is 12.8. The number of hydrogen-bond acceptors (Lipinski definition) is 5. The molecule has 1 amide bonds. The smallest absolute Gasteiger partial charge is 0.305 e. The van der Waals surface area contributed by atoms with Gasteiger partial charge in [-0.05, 0) is 64.2 Å². The summed E-state index contributed by atoms with van der Waals surface area (Å²) in [6.45, 7) is 4.88. The van der Waals surface area contributed by atoms with Gasteiger partial charge in [0.1, 0.15) is 0 Å². The molecule has 67 heavy (non-hydrogen) atoms. The zero-order chi connectivity index (χ0) is 48.6. The monoisotopic (exact) mass is 942 g/mol. The summed E-state index contributed by atoms with van der Waals surface area (Å²) in [7, 11) is 0. The quantitative estimate of drug-likeness (QED) is 0.0321. The Balaban J connectivity index is 3.45. The van der Waals surface area contributed by atoms with Crippen molar-refractivity contribution in [2.75, 3.05) is 13.2 Å². The Morgan fingerprint density at radius 1 is 0.418 bits per heavy atom. The minimum Gasteiger partial charge on any atom is -0.466 e. The Labute approximate surface area is 417 Å². The standard InChI is InChI=1S/C61H115NO5/c1-3-5-7-9-11-13-15-17-19-22-25-29-33-37-41-45-49-53-59(64)58(57-63)62-60(65)54-50-46-42-38-34-30-26-23-21-24-28-32-36-40-44-48-52-56-67-61(66)55-51-47-43-39-35-31-27-20-18-16-14-12-10-8-6-4-2/h14,16,20,27,49,53,58-59,63-64H,3-13,15,17-19,21-26,28-48,50-52,54-57H2,1-2H3,(H,62,65)/b16-14-,27-20-,53-49+. The first-order valence-corrected chi connectivity index (χ1v) is 29.8. The van der Waals surface area contributed by atoms with Crippen LogP contribution >= 0.6 is 0 Å². The van der Waals surface area contributed by atoms with Crippen LogP contribution in [0.25, 0.3) is 0 Å². The second kappa shape index (κ2) is 56.7. The average molecular weight is 943 g/mol. The first-order chi connectivity index (χ1) is 33.0. The Bertz CT molecular complexity index is 1090. The number of carbonyl (C=O) groups is 2. The number of aliphatic hydroxyl groups is 2. The summed E-state index contributed by atoms with van der Waals surface area (Å²) in [5, 5.41) is 23.1. The molecule has 3 N–H and O–H groups in total. The molecule has 2 unspecified atom stereocenters. The fraction of sp³-hybridized carbons (Fsp3) is 0.869. The van der Waals surface area contributed by atoms with Crippen LogP contribution < -0.4 is 5.32 Å². The van der Waals surface area contributed by atoms with E-state index < -0.39 is 12.1 Å². The minimum absolute atomic E-state index is 0.00897. The third kappa shape index (κ3) is 53.3. The van der Waals surface area contributed by atoms with Gasteiger partial charge in [0.15, 0.2) is 0 Å². The van der Waals surface area contributed by atoms with Gasteiger partial charge in [-0.1, -0.05) is 275 Å². The highest BCUT2D eigenvalue weighted by Gasteiger charge is 2.18. The van der Waals surface area contributed by atoms with E-state index in [1.165, 1.54) is 238 Å². The van der Waals surface area contributed by atoms with E-state index in [-0.39, 0.29) is 18.5 Å². The molecule has 0 saturated heterocycles. The lowest BCUT2D eigenvalue weighted by Crippen LogP contribution is -2.45. The molecule has 6 nitrogen and oxygen atoms in total. The zero-order valence-electron chi connectivity index (χ0n) is 44.9. The van der Waals surface area contributed by atoms with Crippen molar-refractivity contribution in [2.45, 2.75) is 328 Å². The van der Waals surface area contributed by atoms with Gasteiger partial charge < -0.3 is 20.3 Å². The maximum absolute atomic E-state index is 12.5. The molecule has 394 valence electrons. The van der Waals surface area contributed by atoms with Crippen molar-refractivity contribution in [3.63, 3.8) is 0 Å². The summed E-state index contributed by atoms with van der Waals surface area (Å²) in [6, 6.07) is -0.633. The fourth-order valence-electron chi connectivity index (χ4n) is 9.08. The van der Waals surface area contributed by atoms with Crippen molar-refractivity contribution < 1.29 is 24.5 Å². The third-order valence-corrected chi connectivity index (χ3v) is 13.7. The van der Waals surface area contributed by atoms with Crippen LogP contribution in [0.4, 0.5) is 0 Å². The van der Waals surface area contributed by atoms with Gasteiger partial charge in [0.05, 0.1) is 25.4 Å². The van der Waals surface area contributed by atoms with Crippen molar-refractivity contribution in [3.05, 3.63) is 36.5 Å². The highest BCUT2D eigenvalue weighted by molar-refractivity contribution is 5.76. The summed E-state index contributed by atoms with van der Waals surface area (Å²) in [5.74, 6) is -0.0813. The molecule has 0 radical (unpaired) electrons. The molecule has 0 aromatic heterocycles. The maximum Gasteiger partial charge on any atom is 0.305 e. The molecule has 0 fully saturated rings. The average Bonchev–Trinajstić information content (AvgIpc) is 3.33. The predicted octanol–water partition coefficient (Wildman–Crippen LogP) is 18.4. The topological polar surface area (TPSA) is 95.9 Å². The van der Waals surface area contributed by atoms with Crippen molar-refractivity contribution in [3.8, 4) is 0 Å². The van der Waals surface area contributed by atoms with Crippen molar-refractivity contribution >= 4 is 11.9 Å². The number of rotatable bonds is 55. The molecule has 0 aliphatic carbocycles. The molecule has 0 spiro atoms. The minimum atomic E-state index is -0.849. The summed E-state index contributed by atoms with van der Waals surface area (Å²) >= 11 is 0. The van der Waals surface area contributed by atoms with Crippen molar-refractivity contribution in [1.29, 1.82) is 0 Å². The SMILES string of the molecule is CCCCCC/C=C\C/C=C\CCCCCCCC(=O)OCCCCCCCCCCCCCCCCCCCC(=O)NC(CO)C(O)/C=C/CCCCCCCCCCCCCCCCC. The van der Waals surface area contributed by atoms with Crippen LogP contribution in [0.1, 0.15) is 316 Å². The lowest BCUT2D eigenvalue weighted by molar-refractivity contribution is -0.143. The second-order valence-electron chi connectivity index (χ2n) is 20.3. The van der Waals surface area contributed by atoms with E-state index in [0.717, 1.165) is 51.4 Å². The molecule has 0 aliphatic rings. The van der Waals surface area contributed by atoms with Gasteiger partial charge in [-0.2, -0.15) is 0 Å². The lowest BCUT2D eigenvalue weighted by atomic mass is 10.0. The maximum atomic E-state index is 12.5. The molecule has 0 heterocycles. The lowest BCUT2D eigenvalue weighted by Gasteiger charge is -2.20. The largest absolute Gasteiger partial charge is 0.466 e. The molecule has 0 aliphatic heterocycles. The molecular weight excluding hydrogens is 827 g/mol. The number of unbranched alkanes of at least 4 members (excludes halogenated alkanes) is 40. The molecule has 0 aromatic carbocycles. The molecular formula is C61H115NO5. The number of nitrogens with one attached hydrogen (secondary N) is 1. The Hall–Kier alpha value is -1.92. The Morgan fingerprint density at radius 2 is 0.746 bits per heavy atom. The van der Waals surface area contributed by atoms with E-state index >= 15 is 0 Å². The number of carbonyl (C=O) groups excluding carboxylic acids is 2. The summed E-state index contributed by atoms with van der Waals surface area (Å²) in [5.41, 5.74) is 0. The first-order valence-electron chi connectivity index (χ1n) is 29.8. The Morgan fingerprint density at radius 3 is 1.15 bits per heavy atom. The van der Waals surface area contributed by atoms with Crippen molar-refractivity contribution in [2.24, 2.45) is 0 Å². The molecule has 2 atom stereocenters. The van der Waals surface area contributed by atoms with E-state index in [2.05, 4.69) is 43.5 Å². The number of aliphatic hydroxyl groups excluding tert-OH is 2. The highest BCUT2D eigenvalue weighted by atomic mass is 16.5. The number of allylic oxidation sites excluding steroid dienone is 5. The molecule has 0 rings (SSSR count). The first kappa shape index (κ1) is 65.1. The fourth-order valence-corrected chi connectivity index (χ4v) is 9.08. The van der Waals surface area contributed by atoms with Gasteiger partial charge in [0.2, 0.25) is 5.91 Å². The summed E-state index contributed by atoms with van der Waals surface area (Å²) < 4.78 is 5.47. The summed E-state index contributed by atoms with van der Waals surface area (Å²) in [6.07, 6.45) is 70.2. The number of hydrogen-bond donors (Lipinski definition) is 3. The van der Waals surface area contributed by atoms with E-state index in [4.69, 9.17) is 4.74 Å². The molecule has 0 saturated carbocycles. The van der Waals surface area contributed by atoms with Crippen LogP contribution in [0, 0.1) is 0 Å². The highest BCUT2D eigenvalue weighted by Crippen LogP contribution is 2.17. The van der Waals surface area contributed by atoms with Crippen LogP contribution in [-0.4, -0.2) is 47.4 Å². The van der Waals surface area contributed by atoms with Crippen LogP contribution in [0.15, 0.2) is 36.5 Å². The van der Waals surface area contributed by atoms with E-state index in [1.54, 1.807) is 6.08 Å². The zero-order valence-corrected chi connectivity index (χ0v) is 44.9. The molecule has 0 aromatic rings. The van der Waals surface area contributed by atoms with Gasteiger partial charge in [0, 0.05) is 12.8 Å². The molecule has 6 heteroatoms. The predicted molar refractivity (Wildman–Crippen MR) is 292 cm³/mol. The van der Waals surface area contributed by atoms with Crippen LogP contribution in [-0.2, 0) is 14.3 Å². The number of amides is 1. The van der Waals surface area contributed by atoms with E-state index in [0.29, 0.717) is 19.4 Å². The van der Waals surface area contributed by atoms with E-state index in [9.17, 15) is 19.8 Å². The Kier molecular flexibility index (Phi) is 55.0.